The highest BCUT2D eigenvalue weighted by Crippen LogP contribution is 2.41. The number of carbonyl (C=O) groups excluding carboxylic acids is 1. The average molecular weight is 389 g/mol. The minimum absolute atomic E-state index is 0.0277. The highest BCUT2D eigenvalue weighted by atomic mass is 16.4. The fourth-order valence-electron chi connectivity index (χ4n) is 4.71. The average Bonchev–Trinajstić information content (AvgIpc) is 3.32. The second-order valence-corrected chi connectivity index (χ2v) is 7.96. The number of pyridine rings is 1. The fraction of sp³-hybridized carbons (Fsp3) is 0.348. The lowest BCUT2D eigenvalue weighted by atomic mass is 9.73. The molecular weight excluding hydrogens is 366 g/mol. The van der Waals surface area contributed by atoms with Crippen LogP contribution in [0.1, 0.15) is 37.5 Å². The summed E-state index contributed by atoms with van der Waals surface area (Å²) in [6, 6.07) is 16.0. The highest BCUT2D eigenvalue weighted by Gasteiger charge is 2.46. The normalized spacial score (nSPS) is 23.9. The molecular formula is C23H23N3O3. The molecule has 2 aromatic heterocycles. The van der Waals surface area contributed by atoms with E-state index < -0.39 is 17.8 Å². The number of hydrogen-bond donors (Lipinski definition) is 1. The van der Waals surface area contributed by atoms with Crippen molar-refractivity contribution in [1.82, 2.24) is 14.3 Å². The summed E-state index contributed by atoms with van der Waals surface area (Å²) in [7, 11) is 0. The van der Waals surface area contributed by atoms with Crippen molar-refractivity contribution in [1.29, 1.82) is 0 Å². The lowest BCUT2D eigenvalue weighted by Gasteiger charge is -2.36. The quantitative estimate of drug-likeness (QED) is 0.737. The predicted molar refractivity (Wildman–Crippen MR) is 108 cm³/mol. The van der Waals surface area contributed by atoms with E-state index in [4.69, 9.17) is 4.98 Å². The monoisotopic (exact) mass is 389 g/mol. The number of imidazole rings is 1. The van der Waals surface area contributed by atoms with Crippen molar-refractivity contribution >= 4 is 17.4 Å². The number of carboxylic acid groups (broad SMARTS) is 1. The van der Waals surface area contributed by atoms with E-state index in [0.717, 1.165) is 35.4 Å². The number of carboxylic acids is 1. The van der Waals surface area contributed by atoms with Crippen LogP contribution in [-0.2, 0) is 9.59 Å². The Morgan fingerprint density at radius 3 is 2.45 bits per heavy atom. The zero-order valence-electron chi connectivity index (χ0n) is 16.1. The van der Waals surface area contributed by atoms with Crippen LogP contribution < -0.4 is 0 Å². The van der Waals surface area contributed by atoms with Crippen molar-refractivity contribution in [2.45, 2.75) is 31.7 Å². The van der Waals surface area contributed by atoms with Gasteiger partial charge in [-0.3, -0.25) is 9.59 Å². The summed E-state index contributed by atoms with van der Waals surface area (Å²) < 4.78 is 2.08. The first-order valence-electron chi connectivity index (χ1n) is 10.2. The number of likely N-dealkylation sites (tertiary alicyclic amines) is 1. The van der Waals surface area contributed by atoms with Gasteiger partial charge >= 0.3 is 5.97 Å². The van der Waals surface area contributed by atoms with E-state index in [1.54, 1.807) is 0 Å². The lowest BCUT2D eigenvalue weighted by molar-refractivity contribution is -0.157. The van der Waals surface area contributed by atoms with E-state index in [-0.39, 0.29) is 11.9 Å². The van der Waals surface area contributed by atoms with Gasteiger partial charge in [0.1, 0.15) is 5.82 Å². The molecule has 2 fully saturated rings. The summed E-state index contributed by atoms with van der Waals surface area (Å²) in [5, 5.41) is 9.36. The topological polar surface area (TPSA) is 74.9 Å². The minimum Gasteiger partial charge on any atom is -0.481 e. The van der Waals surface area contributed by atoms with Gasteiger partial charge in [-0.2, -0.15) is 0 Å². The molecule has 148 valence electrons. The smallest absolute Gasteiger partial charge is 0.307 e. The fourth-order valence-corrected chi connectivity index (χ4v) is 4.71. The van der Waals surface area contributed by atoms with Crippen molar-refractivity contribution < 1.29 is 14.7 Å². The Labute approximate surface area is 168 Å². The van der Waals surface area contributed by atoms with Crippen LogP contribution in [0.15, 0.2) is 54.7 Å². The van der Waals surface area contributed by atoms with E-state index >= 15 is 0 Å². The molecule has 1 aromatic carbocycles. The van der Waals surface area contributed by atoms with Gasteiger partial charge in [0.15, 0.2) is 0 Å². The number of hydrogen-bond acceptors (Lipinski definition) is 3. The van der Waals surface area contributed by atoms with Crippen LogP contribution in [0.4, 0.5) is 0 Å². The van der Waals surface area contributed by atoms with Crippen LogP contribution in [0.2, 0.25) is 0 Å². The SMILES string of the molecule is O=C(O)C1CCC1C(=O)N1CCCC1c1nc(-c2ccccc2)c2ccccn12. The van der Waals surface area contributed by atoms with Gasteiger partial charge in [-0.25, -0.2) is 4.98 Å². The Morgan fingerprint density at radius 2 is 1.72 bits per heavy atom. The number of rotatable bonds is 4. The van der Waals surface area contributed by atoms with E-state index in [1.807, 2.05) is 59.6 Å². The molecule has 3 unspecified atom stereocenters. The standard InChI is InChI=1S/C23H23N3O3/c27-22(16-11-12-17(16)23(28)29)26-14-6-10-19(26)21-24-20(15-7-2-1-3-8-15)18-9-4-5-13-25(18)21/h1-5,7-9,13,16-17,19H,6,10-12,14H2,(H,28,29). The molecule has 1 amide bonds. The second kappa shape index (κ2) is 7.03. The van der Waals surface area contributed by atoms with Crippen molar-refractivity contribution in [3.63, 3.8) is 0 Å². The zero-order valence-corrected chi connectivity index (χ0v) is 16.1. The van der Waals surface area contributed by atoms with Gasteiger partial charge in [0.05, 0.1) is 29.1 Å². The number of fused-ring (bicyclic) bond motifs is 1. The zero-order chi connectivity index (χ0) is 20.0. The maximum atomic E-state index is 13.2. The lowest BCUT2D eigenvalue weighted by Crippen LogP contribution is -2.46. The molecule has 2 aliphatic rings. The highest BCUT2D eigenvalue weighted by molar-refractivity contribution is 5.87. The van der Waals surface area contributed by atoms with Crippen LogP contribution >= 0.6 is 0 Å². The number of aliphatic carboxylic acids is 1. The molecule has 0 radical (unpaired) electrons. The number of aromatic nitrogens is 2. The van der Waals surface area contributed by atoms with Crippen molar-refractivity contribution in [2.75, 3.05) is 6.54 Å². The largest absolute Gasteiger partial charge is 0.481 e. The number of benzene rings is 1. The third kappa shape index (κ3) is 2.90. The molecule has 1 aliphatic heterocycles. The van der Waals surface area contributed by atoms with E-state index in [0.29, 0.717) is 19.4 Å². The van der Waals surface area contributed by atoms with Gasteiger partial charge in [-0.05, 0) is 37.8 Å². The van der Waals surface area contributed by atoms with Crippen LogP contribution in [0.5, 0.6) is 0 Å². The third-order valence-electron chi connectivity index (χ3n) is 6.37. The van der Waals surface area contributed by atoms with Crippen molar-refractivity contribution in [3.05, 3.63) is 60.6 Å². The maximum absolute atomic E-state index is 13.2. The molecule has 3 aromatic rings. The van der Waals surface area contributed by atoms with E-state index in [2.05, 4.69) is 4.40 Å². The molecule has 6 nitrogen and oxygen atoms in total. The van der Waals surface area contributed by atoms with Gasteiger partial charge in [-0.1, -0.05) is 36.4 Å². The molecule has 6 heteroatoms. The Kier molecular flexibility index (Phi) is 4.34. The first-order valence-corrected chi connectivity index (χ1v) is 10.2. The van der Waals surface area contributed by atoms with Gasteiger partial charge in [-0.15, -0.1) is 0 Å². The van der Waals surface area contributed by atoms with Crippen LogP contribution in [0.25, 0.3) is 16.8 Å². The molecule has 1 aliphatic carbocycles. The van der Waals surface area contributed by atoms with Crippen LogP contribution in [-0.4, -0.2) is 37.8 Å². The minimum atomic E-state index is -0.858. The van der Waals surface area contributed by atoms with Crippen LogP contribution in [0, 0.1) is 11.8 Å². The summed E-state index contributed by atoms with van der Waals surface area (Å²) in [4.78, 5) is 31.4. The number of nitrogens with zero attached hydrogens (tertiary/aromatic N) is 3. The summed E-state index contributed by atoms with van der Waals surface area (Å²) in [5.41, 5.74) is 2.97. The first kappa shape index (κ1) is 17.9. The summed E-state index contributed by atoms with van der Waals surface area (Å²) >= 11 is 0. The molecule has 29 heavy (non-hydrogen) atoms. The third-order valence-corrected chi connectivity index (χ3v) is 6.37. The maximum Gasteiger partial charge on any atom is 0.307 e. The molecule has 3 heterocycles. The van der Waals surface area contributed by atoms with Gasteiger partial charge in [0.25, 0.3) is 0 Å². The molecule has 1 saturated carbocycles. The van der Waals surface area contributed by atoms with Crippen molar-refractivity contribution in [2.24, 2.45) is 11.8 Å². The predicted octanol–water partition coefficient (Wildman–Crippen LogP) is 3.78. The Morgan fingerprint density at radius 1 is 0.966 bits per heavy atom. The van der Waals surface area contributed by atoms with Crippen LogP contribution in [0.3, 0.4) is 0 Å². The second-order valence-electron chi connectivity index (χ2n) is 7.96. The van der Waals surface area contributed by atoms with E-state index in [1.165, 1.54) is 0 Å². The van der Waals surface area contributed by atoms with Gasteiger partial charge < -0.3 is 14.4 Å². The molecule has 1 N–H and O–H groups in total. The number of carbonyl (C=O) groups is 2. The van der Waals surface area contributed by atoms with E-state index in [9.17, 15) is 14.7 Å². The summed E-state index contributed by atoms with van der Waals surface area (Å²) in [6.45, 7) is 0.661. The van der Waals surface area contributed by atoms with Gasteiger partial charge in [0.2, 0.25) is 5.91 Å². The Balaban J connectivity index is 1.53. The molecule has 0 spiro atoms. The Hall–Kier alpha value is -3.15. The Bertz CT molecular complexity index is 1080. The molecule has 0 bridgehead atoms. The first-order chi connectivity index (χ1) is 14.1. The molecule has 3 atom stereocenters. The molecule has 1 saturated heterocycles. The van der Waals surface area contributed by atoms with Gasteiger partial charge in [0, 0.05) is 18.3 Å². The van der Waals surface area contributed by atoms with Crippen molar-refractivity contribution in [3.8, 4) is 11.3 Å². The molecule has 5 rings (SSSR count). The number of amides is 1. The summed E-state index contributed by atoms with van der Waals surface area (Å²) in [6.07, 6.45) is 5.00. The summed E-state index contributed by atoms with van der Waals surface area (Å²) in [5.74, 6) is -0.965.